The predicted octanol–water partition coefficient (Wildman–Crippen LogP) is 3.95. The lowest BCUT2D eigenvalue weighted by atomic mass is 10.1. The van der Waals surface area contributed by atoms with Crippen molar-refractivity contribution in [3.63, 3.8) is 0 Å². The van der Waals surface area contributed by atoms with Gasteiger partial charge in [-0.2, -0.15) is 11.3 Å². The SMILES string of the molecule is Cc1ccccc1/C=C/C(=O)c1ccsc1. The van der Waals surface area contributed by atoms with E-state index < -0.39 is 0 Å². The van der Waals surface area contributed by atoms with E-state index >= 15 is 0 Å². The largest absolute Gasteiger partial charge is 0.289 e. The van der Waals surface area contributed by atoms with Gasteiger partial charge in [-0.15, -0.1) is 0 Å². The van der Waals surface area contributed by atoms with Crippen LogP contribution in [0.2, 0.25) is 0 Å². The first-order valence-electron chi connectivity index (χ1n) is 5.07. The molecule has 2 aromatic rings. The first kappa shape index (κ1) is 10.8. The van der Waals surface area contributed by atoms with Gasteiger partial charge in [-0.3, -0.25) is 4.79 Å². The molecule has 0 aliphatic heterocycles. The van der Waals surface area contributed by atoms with Crippen molar-refractivity contribution < 1.29 is 4.79 Å². The normalized spacial score (nSPS) is 10.8. The topological polar surface area (TPSA) is 17.1 Å². The lowest BCUT2D eigenvalue weighted by Gasteiger charge is -1.97. The second-order valence-electron chi connectivity index (χ2n) is 3.57. The van der Waals surface area contributed by atoms with Crippen molar-refractivity contribution in [2.45, 2.75) is 6.92 Å². The van der Waals surface area contributed by atoms with E-state index in [-0.39, 0.29) is 5.78 Å². The fourth-order valence-corrected chi connectivity index (χ4v) is 2.09. The van der Waals surface area contributed by atoms with E-state index in [1.807, 2.05) is 54.1 Å². The summed E-state index contributed by atoms with van der Waals surface area (Å²) >= 11 is 1.54. The number of ketones is 1. The van der Waals surface area contributed by atoms with E-state index in [9.17, 15) is 4.79 Å². The molecule has 0 bridgehead atoms. The fraction of sp³-hybridized carbons (Fsp3) is 0.0714. The van der Waals surface area contributed by atoms with Gasteiger partial charge in [0.1, 0.15) is 0 Å². The van der Waals surface area contributed by atoms with Crippen LogP contribution >= 0.6 is 11.3 Å². The van der Waals surface area contributed by atoms with E-state index in [0.29, 0.717) is 0 Å². The van der Waals surface area contributed by atoms with Crippen LogP contribution in [0.15, 0.2) is 47.2 Å². The highest BCUT2D eigenvalue weighted by molar-refractivity contribution is 7.08. The molecule has 1 nitrogen and oxygen atoms in total. The molecule has 1 aromatic carbocycles. The average molecular weight is 228 g/mol. The second-order valence-corrected chi connectivity index (χ2v) is 4.35. The van der Waals surface area contributed by atoms with Gasteiger partial charge in [0, 0.05) is 10.9 Å². The van der Waals surface area contributed by atoms with Gasteiger partial charge in [-0.25, -0.2) is 0 Å². The van der Waals surface area contributed by atoms with Crippen molar-refractivity contribution in [1.29, 1.82) is 0 Å². The lowest BCUT2D eigenvalue weighted by molar-refractivity contribution is 0.104. The first-order chi connectivity index (χ1) is 7.77. The molecule has 0 aliphatic rings. The van der Waals surface area contributed by atoms with Crippen LogP contribution in [0, 0.1) is 6.92 Å². The van der Waals surface area contributed by atoms with Gasteiger partial charge in [0.2, 0.25) is 0 Å². The lowest BCUT2D eigenvalue weighted by Crippen LogP contribution is -1.90. The molecule has 16 heavy (non-hydrogen) atoms. The van der Waals surface area contributed by atoms with Crippen LogP contribution in [-0.2, 0) is 0 Å². The average Bonchev–Trinajstić information content (AvgIpc) is 2.81. The zero-order chi connectivity index (χ0) is 11.4. The standard InChI is InChI=1S/C14H12OS/c1-11-4-2-3-5-12(11)6-7-14(15)13-8-9-16-10-13/h2-10H,1H3/b7-6+. The van der Waals surface area contributed by atoms with E-state index in [4.69, 9.17) is 0 Å². The van der Waals surface area contributed by atoms with Crippen LogP contribution < -0.4 is 0 Å². The van der Waals surface area contributed by atoms with Gasteiger partial charge < -0.3 is 0 Å². The summed E-state index contributed by atoms with van der Waals surface area (Å²) in [6.45, 7) is 2.04. The number of carbonyl (C=O) groups is 1. The molecule has 0 unspecified atom stereocenters. The minimum atomic E-state index is 0.0597. The molecule has 0 N–H and O–H groups in total. The summed E-state index contributed by atoms with van der Waals surface area (Å²) in [5.41, 5.74) is 3.03. The molecule has 0 fully saturated rings. The predicted molar refractivity (Wildman–Crippen MR) is 68.9 cm³/mol. The van der Waals surface area contributed by atoms with Crippen LogP contribution in [0.4, 0.5) is 0 Å². The Morgan fingerprint density at radius 3 is 2.75 bits per heavy atom. The van der Waals surface area contributed by atoms with Gasteiger partial charge in [-0.05, 0) is 35.6 Å². The molecule has 0 saturated carbocycles. The van der Waals surface area contributed by atoms with Gasteiger partial charge >= 0.3 is 0 Å². The number of aryl methyl sites for hydroxylation is 1. The molecule has 0 atom stereocenters. The Kier molecular flexibility index (Phi) is 3.32. The van der Waals surface area contributed by atoms with E-state index in [0.717, 1.165) is 11.1 Å². The van der Waals surface area contributed by atoms with Crippen LogP contribution in [-0.4, -0.2) is 5.78 Å². The highest BCUT2D eigenvalue weighted by Crippen LogP contribution is 2.11. The van der Waals surface area contributed by atoms with Crippen molar-refractivity contribution in [2.75, 3.05) is 0 Å². The van der Waals surface area contributed by atoms with Crippen LogP contribution in [0.1, 0.15) is 21.5 Å². The van der Waals surface area contributed by atoms with E-state index in [1.165, 1.54) is 16.9 Å². The van der Waals surface area contributed by atoms with Gasteiger partial charge in [0.15, 0.2) is 5.78 Å². The first-order valence-corrected chi connectivity index (χ1v) is 6.02. The Hall–Kier alpha value is -1.67. The maximum atomic E-state index is 11.7. The van der Waals surface area contributed by atoms with Crippen LogP contribution in [0.3, 0.4) is 0 Å². The summed E-state index contributed by atoms with van der Waals surface area (Å²) in [4.78, 5) is 11.7. The number of hydrogen-bond donors (Lipinski definition) is 0. The number of carbonyl (C=O) groups excluding carboxylic acids is 1. The third-order valence-electron chi connectivity index (χ3n) is 2.41. The zero-order valence-corrected chi connectivity index (χ0v) is 9.83. The van der Waals surface area contributed by atoms with Gasteiger partial charge in [0.25, 0.3) is 0 Å². The Labute approximate surface area is 99.1 Å². The molecule has 80 valence electrons. The Balaban J connectivity index is 2.16. The number of hydrogen-bond acceptors (Lipinski definition) is 2. The number of rotatable bonds is 3. The molecule has 0 spiro atoms. The maximum Gasteiger partial charge on any atom is 0.186 e. The molecule has 2 rings (SSSR count). The highest BCUT2D eigenvalue weighted by atomic mass is 32.1. The van der Waals surface area contributed by atoms with Crippen molar-refractivity contribution >= 4 is 23.2 Å². The molecule has 1 heterocycles. The Morgan fingerprint density at radius 1 is 1.25 bits per heavy atom. The molecule has 2 heteroatoms. The van der Waals surface area contributed by atoms with E-state index in [1.54, 1.807) is 6.08 Å². The summed E-state index contributed by atoms with van der Waals surface area (Å²) in [6.07, 6.45) is 3.50. The van der Waals surface area contributed by atoms with Crippen LogP contribution in [0.5, 0.6) is 0 Å². The quantitative estimate of drug-likeness (QED) is 0.574. The highest BCUT2D eigenvalue weighted by Gasteiger charge is 2.01. The summed E-state index contributed by atoms with van der Waals surface area (Å²) in [7, 11) is 0. The maximum absolute atomic E-state index is 11.7. The monoisotopic (exact) mass is 228 g/mol. The van der Waals surface area contributed by atoms with Crippen molar-refractivity contribution in [2.24, 2.45) is 0 Å². The molecule has 0 radical (unpaired) electrons. The molecule has 0 saturated heterocycles. The summed E-state index contributed by atoms with van der Waals surface area (Å²) in [5, 5.41) is 3.78. The Bertz CT molecular complexity index is 509. The van der Waals surface area contributed by atoms with Gasteiger partial charge in [0.05, 0.1) is 0 Å². The second kappa shape index (κ2) is 4.90. The molecular weight excluding hydrogens is 216 g/mol. The molecule has 1 aromatic heterocycles. The Morgan fingerprint density at radius 2 is 2.06 bits per heavy atom. The third kappa shape index (κ3) is 2.47. The third-order valence-corrected chi connectivity index (χ3v) is 3.09. The fourth-order valence-electron chi connectivity index (χ4n) is 1.44. The number of allylic oxidation sites excluding steroid dienone is 1. The summed E-state index contributed by atoms with van der Waals surface area (Å²) < 4.78 is 0. The van der Waals surface area contributed by atoms with E-state index in [2.05, 4.69) is 0 Å². The molecular formula is C14H12OS. The smallest absolute Gasteiger partial charge is 0.186 e. The zero-order valence-electron chi connectivity index (χ0n) is 9.01. The molecule has 0 aliphatic carbocycles. The number of benzene rings is 1. The summed E-state index contributed by atoms with van der Waals surface area (Å²) in [5.74, 6) is 0.0597. The van der Waals surface area contributed by atoms with Crippen LogP contribution in [0.25, 0.3) is 6.08 Å². The minimum absolute atomic E-state index is 0.0597. The van der Waals surface area contributed by atoms with Crippen molar-refractivity contribution in [1.82, 2.24) is 0 Å². The molecule has 0 amide bonds. The number of thiophene rings is 1. The summed E-state index contributed by atoms with van der Waals surface area (Å²) in [6, 6.07) is 9.85. The van der Waals surface area contributed by atoms with Crippen molar-refractivity contribution in [3.05, 3.63) is 63.9 Å². The van der Waals surface area contributed by atoms with Gasteiger partial charge in [-0.1, -0.05) is 30.3 Å². The minimum Gasteiger partial charge on any atom is -0.289 e. The van der Waals surface area contributed by atoms with Crippen molar-refractivity contribution in [3.8, 4) is 0 Å².